The number of ether oxygens (including phenoxy) is 2. The van der Waals surface area contributed by atoms with Crippen molar-refractivity contribution in [2.45, 2.75) is 6.92 Å². The Morgan fingerprint density at radius 2 is 1.95 bits per heavy atom. The van der Waals surface area contributed by atoms with Crippen LogP contribution >= 0.6 is 0 Å². The summed E-state index contributed by atoms with van der Waals surface area (Å²) < 4.78 is 12.1. The largest absolute Gasteiger partial charge is 0.493 e. The third kappa shape index (κ3) is 2.14. The molecule has 21 heavy (non-hydrogen) atoms. The third-order valence-corrected chi connectivity index (χ3v) is 3.39. The van der Waals surface area contributed by atoms with E-state index in [0.717, 1.165) is 11.1 Å². The molecule has 1 N–H and O–H groups in total. The number of hydrogen-bond donors (Lipinski definition) is 1. The second-order valence-corrected chi connectivity index (χ2v) is 4.69. The van der Waals surface area contributed by atoms with E-state index in [0.29, 0.717) is 22.7 Å². The van der Waals surface area contributed by atoms with Gasteiger partial charge in [-0.3, -0.25) is 4.79 Å². The lowest BCUT2D eigenvalue weighted by Crippen LogP contribution is -2.11. The predicted octanol–water partition coefficient (Wildman–Crippen LogP) is 2.02. The van der Waals surface area contributed by atoms with Crippen LogP contribution in [0.25, 0.3) is 16.8 Å². The third-order valence-electron chi connectivity index (χ3n) is 3.39. The summed E-state index contributed by atoms with van der Waals surface area (Å²) in [6, 6.07) is 5.46. The summed E-state index contributed by atoms with van der Waals surface area (Å²) in [6.07, 6.45) is 3.45. The van der Waals surface area contributed by atoms with Gasteiger partial charge in [0.2, 0.25) is 0 Å². The van der Waals surface area contributed by atoms with Crippen LogP contribution in [0.3, 0.4) is 0 Å². The highest BCUT2D eigenvalue weighted by Gasteiger charge is 2.10. The van der Waals surface area contributed by atoms with Crippen molar-refractivity contribution in [1.29, 1.82) is 0 Å². The minimum absolute atomic E-state index is 0.169. The molecule has 0 fully saturated rings. The molecular weight excluding hydrogens is 270 g/mol. The Morgan fingerprint density at radius 1 is 1.19 bits per heavy atom. The number of nitrogens with one attached hydrogen (secondary N) is 1. The summed E-state index contributed by atoms with van der Waals surface area (Å²) in [4.78, 5) is 15.0. The fourth-order valence-corrected chi connectivity index (χ4v) is 2.32. The summed E-state index contributed by atoms with van der Waals surface area (Å²) >= 11 is 0. The number of fused-ring (bicyclic) bond motifs is 1. The number of nitrogens with zero attached hydrogens (tertiary/aromatic N) is 2. The standard InChI is InChI=1S/C15H15N3O3/c1-9-7-16-18-8-11(17-15(19)14(9)18)10-4-5-12(20-2)13(6-10)21-3/h4-8H,1-3H3,(H,17,19). The molecule has 0 spiro atoms. The molecule has 0 aliphatic rings. The maximum absolute atomic E-state index is 12.2. The van der Waals surface area contributed by atoms with E-state index in [4.69, 9.17) is 9.47 Å². The van der Waals surface area contributed by atoms with Gasteiger partial charge in [-0.2, -0.15) is 5.10 Å². The van der Waals surface area contributed by atoms with Crippen molar-refractivity contribution in [1.82, 2.24) is 14.6 Å². The molecule has 2 aromatic heterocycles. The molecule has 0 amide bonds. The molecule has 0 aliphatic heterocycles. The summed E-state index contributed by atoms with van der Waals surface area (Å²) in [5.41, 5.74) is 2.71. The second kappa shape index (κ2) is 4.97. The van der Waals surface area contributed by atoms with E-state index < -0.39 is 0 Å². The molecule has 0 saturated carbocycles. The van der Waals surface area contributed by atoms with Crippen LogP contribution < -0.4 is 15.0 Å². The minimum atomic E-state index is -0.169. The Bertz CT molecular complexity index is 864. The molecule has 3 aromatic rings. The first-order valence-electron chi connectivity index (χ1n) is 6.43. The van der Waals surface area contributed by atoms with Crippen molar-refractivity contribution in [3.63, 3.8) is 0 Å². The Balaban J connectivity index is 2.18. The Labute approximate surface area is 120 Å². The smallest absolute Gasteiger partial charge is 0.274 e. The highest BCUT2D eigenvalue weighted by molar-refractivity contribution is 5.65. The Kier molecular flexibility index (Phi) is 3.13. The molecule has 6 heteroatoms. The van der Waals surface area contributed by atoms with Gasteiger partial charge in [-0.05, 0) is 25.1 Å². The first kappa shape index (κ1) is 13.2. The van der Waals surface area contributed by atoms with Gasteiger partial charge in [-0.1, -0.05) is 0 Å². The lowest BCUT2D eigenvalue weighted by atomic mass is 10.1. The minimum Gasteiger partial charge on any atom is -0.493 e. The van der Waals surface area contributed by atoms with Gasteiger partial charge in [0.15, 0.2) is 11.5 Å². The van der Waals surface area contributed by atoms with Crippen LogP contribution in [0, 0.1) is 6.92 Å². The lowest BCUT2D eigenvalue weighted by molar-refractivity contribution is 0.355. The molecule has 2 heterocycles. The van der Waals surface area contributed by atoms with Gasteiger partial charge in [0, 0.05) is 11.1 Å². The molecule has 0 unspecified atom stereocenters. The van der Waals surface area contributed by atoms with Crippen molar-refractivity contribution in [2.24, 2.45) is 0 Å². The molecule has 0 radical (unpaired) electrons. The molecule has 1 aromatic carbocycles. The van der Waals surface area contributed by atoms with Crippen molar-refractivity contribution < 1.29 is 9.47 Å². The van der Waals surface area contributed by atoms with E-state index in [9.17, 15) is 4.79 Å². The zero-order valence-electron chi connectivity index (χ0n) is 12.0. The van der Waals surface area contributed by atoms with Gasteiger partial charge in [0.05, 0.1) is 32.3 Å². The molecule has 0 aliphatic carbocycles. The summed E-state index contributed by atoms with van der Waals surface area (Å²) in [7, 11) is 3.16. The molecule has 0 bridgehead atoms. The van der Waals surface area contributed by atoms with Crippen LogP contribution in [0.2, 0.25) is 0 Å². The van der Waals surface area contributed by atoms with Gasteiger partial charge in [-0.25, -0.2) is 4.52 Å². The quantitative estimate of drug-likeness (QED) is 0.799. The average Bonchev–Trinajstić information content (AvgIpc) is 2.88. The summed E-state index contributed by atoms with van der Waals surface area (Å²) in [6.45, 7) is 1.85. The molecule has 108 valence electrons. The predicted molar refractivity (Wildman–Crippen MR) is 79.1 cm³/mol. The highest BCUT2D eigenvalue weighted by Crippen LogP contribution is 2.31. The van der Waals surface area contributed by atoms with Crippen LogP contribution in [0.15, 0.2) is 35.4 Å². The SMILES string of the molecule is COc1ccc(-c2cn3ncc(C)c3c(=O)[nH]2)cc1OC. The number of hydrogen-bond acceptors (Lipinski definition) is 4. The first-order valence-corrected chi connectivity index (χ1v) is 6.43. The molecule has 6 nitrogen and oxygen atoms in total. The van der Waals surface area contributed by atoms with Crippen LogP contribution in [-0.2, 0) is 0 Å². The van der Waals surface area contributed by atoms with Gasteiger partial charge in [0.1, 0.15) is 5.52 Å². The van der Waals surface area contributed by atoms with Gasteiger partial charge in [0.25, 0.3) is 5.56 Å². The van der Waals surface area contributed by atoms with E-state index in [2.05, 4.69) is 10.1 Å². The number of methoxy groups -OCH3 is 2. The van der Waals surface area contributed by atoms with E-state index in [1.54, 1.807) is 37.2 Å². The molecule has 3 rings (SSSR count). The summed E-state index contributed by atoms with van der Waals surface area (Å²) in [5.74, 6) is 1.24. The topological polar surface area (TPSA) is 68.6 Å². The summed E-state index contributed by atoms with van der Waals surface area (Å²) in [5, 5.41) is 4.18. The number of benzene rings is 1. The molecule has 0 atom stereocenters. The number of aromatic amines is 1. The molecular formula is C15H15N3O3. The number of aryl methyl sites for hydroxylation is 1. The van der Waals surface area contributed by atoms with Crippen molar-refractivity contribution in [3.05, 3.63) is 46.5 Å². The first-order chi connectivity index (χ1) is 10.1. The van der Waals surface area contributed by atoms with Crippen molar-refractivity contribution in [2.75, 3.05) is 14.2 Å². The maximum atomic E-state index is 12.2. The van der Waals surface area contributed by atoms with Gasteiger partial charge >= 0.3 is 0 Å². The average molecular weight is 285 g/mol. The Hall–Kier alpha value is -2.76. The number of aromatic nitrogens is 3. The van der Waals surface area contributed by atoms with E-state index in [1.807, 2.05) is 19.1 Å². The van der Waals surface area contributed by atoms with E-state index >= 15 is 0 Å². The van der Waals surface area contributed by atoms with Gasteiger partial charge in [-0.15, -0.1) is 0 Å². The monoisotopic (exact) mass is 285 g/mol. The van der Waals surface area contributed by atoms with E-state index in [-0.39, 0.29) is 5.56 Å². The lowest BCUT2D eigenvalue weighted by Gasteiger charge is -2.09. The van der Waals surface area contributed by atoms with Crippen molar-refractivity contribution >= 4 is 5.52 Å². The normalized spacial score (nSPS) is 10.8. The Morgan fingerprint density at radius 3 is 2.67 bits per heavy atom. The fourth-order valence-electron chi connectivity index (χ4n) is 2.32. The van der Waals surface area contributed by atoms with E-state index in [1.165, 1.54) is 0 Å². The maximum Gasteiger partial charge on any atom is 0.274 e. The van der Waals surface area contributed by atoms with Gasteiger partial charge < -0.3 is 14.5 Å². The van der Waals surface area contributed by atoms with Crippen LogP contribution in [-0.4, -0.2) is 28.8 Å². The number of rotatable bonds is 3. The van der Waals surface area contributed by atoms with Crippen LogP contribution in [0.1, 0.15) is 5.56 Å². The molecule has 0 saturated heterocycles. The van der Waals surface area contributed by atoms with Crippen molar-refractivity contribution in [3.8, 4) is 22.8 Å². The number of H-pyrrole nitrogens is 1. The fraction of sp³-hybridized carbons (Fsp3) is 0.200. The van der Waals surface area contributed by atoms with Crippen LogP contribution in [0.4, 0.5) is 0 Å². The zero-order chi connectivity index (χ0) is 15.0. The zero-order valence-corrected chi connectivity index (χ0v) is 12.0. The van der Waals surface area contributed by atoms with Crippen LogP contribution in [0.5, 0.6) is 11.5 Å². The second-order valence-electron chi connectivity index (χ2n) is 4.69. The highest BCUT2D eigenvalue weighted by atomic mass is 16.5.